The molecule has 14 nitrogen and oxygen atoms in total. The highest BCUT2D eigenvalue weighted by molar-refractivity contribution is 6.23. The molecule has 1 fully saturated rings. The molecule has 1 aromatic carbocycles. The number of piperidine rings is 1. The third-order valence-electron chi connectivity index (χ3n) is 8.30. The van der Waals surface area contributed by atoms with Crippen LogP contribution in [0.3, 0.4) is 0 Å². The van der Waals surface area contributed by atoms with E-state index in [4.69, 9.17) is 14.2 Å². The van der Waals surface area contributed by atoms with Crippen LogP contribution in [-0.4, -0.2) is 87.4 Å². The average Bonchev–Trinajstić information content (AvgIpc) is 3.69. The first-order valence-corrected chi connectivity index (χ1v) is 16.7. The molecule has 1 atom stereocenters. The fourth-order valence-corrected chi connectivity index (χ4v) is 5.77. The second kappa shape index (κ2) is 15.8. The number of nitrogens with zero attached hydrogens (tertiary/aromatic N) is 5. The van der Waals surface area contributed by atoms with Gasteiger partial charge in [-0.2, -0.15) is 4.39 Å². The number of methoxy groups -OCH3 is 1. The molecule has 2 N–H and O–H groups in total. The maximum atomic E-state index is 14.9. The highest BCUT2D eigenvalue weighted by atomic mass is 19.1. The van der Waals surface area contributed by atoms with Crippen molar-refractivity contribution in [1.82, 2.24) is 29.6 Å². The molecule has 0 radical (unpaired) electrons. The third kappa shape index (κ3) is 7.44. The summed E-state index contributed by atoms with van der Waals surface area (Å²) in [5.74, 6) is -1.55. The van der Waals surface area contributed by atoms with Gasteiger partial charge in [0, 0.05) is 30.9 Å². The molecule has 15 heteroatoms. The van der Waals surface area contributed by atoms with E-state index in [-0.39, 0.29) is 49.4 Å². The lowest BCUT2D eigenvalue weighted by Crippen LogP contribution is -2.54. The Balaban J connectivity index is 0.00000228. The Labute approximate surface area is 297 Å². The molecule has 0 saturated carbocycles. The van der Waals surface area contributed by atoms with E-state index < -0.39 is 35.6 Å². The van der Waals surface area contributed by atoms with Crippen LogP contribution in [0.5, 0.6) is 11.5 Å². The van der Waals surface area contributed by atoms with Crippen molar-refractivity contribution in [3.05, 3.63) is 90.3 Å². The number of ether oxygens (including phenoxy) is 3. The number of rotatable bonds is 12. The summed E-state index contributed by atoms with van der Waals surface area (Å²) in [6, 6.07) is 14.0. The van der Waals surface area contributed by atoms with Crippen LogP contribution in [0.4, 0.5) is 10.2 Å². The second-order valence-corrected chi connectivity index (χ2v) is 11.5. The molecule has 6 heterocycles. The van der Waals surface area contributed by atoms with E-state index in [2.05, 4.69) is 25.6 Å². The van der Waals surface area contributed by atoms with Crippen LogP contribution in [0.15, 0.2) is 73.2 Å². The summed E-state index contributed by atoms with van der Waals surface area (Å²) in [6.07, 6.45) is 5.47. The molecular formula is C37H36FN7O7. The molecular weight excluding hydrogens is 673 g/mol. The average molecular weight is 710 g/mol. The molecule has 52 heavy (non-hydrogen) atoms. The lowest BCUT2D eigenvalue weighted by molar-refractivity contribution is -0.136. The van der Waals surface area contributed by atoms with Crippen molar-refractivity contribution in [2.45, 2.75) is 32.7 Å². The molecule has 1 saturated heterocycles. The minimum absolute atomic E-state index is 0.0459. The normalized spacial score (nSPS) is 15.2. The molecule has 5 aromatic rings. The number of pyridine rings is 3. The SMILES string of the molecule is CC.COc1ccc2nc(-c3ccc(-c4ccc(NCCOCCOc5ccc6c(c5)C(=O)N(C5CCC(=O)NC5=O)C6=O)nc4F)nc3)cn2c1. The molecule has 4 aromatic heterocycles. The van der Waals surface area contributed by atoms with Gasteiger partial charge in [-0.05, 0) is 61.0 Å². The first-order chi connectivity index (χ1) is 25.3. The van der Waals surface area contributed by atoms with Crippen molar-refractivity contribution < 1.29 is 37.8 Å². The van der Waals surface area contributed by atoms with Gasteiger partial charge in [0.2, 0.25) is 17.8 Å². The van der Waals surface area contributed by atoms with Gasteiger partial charge in [-0.25, -0.2) is 9.97 Å². The van der Waals surface area contributed by atoms with Gasteiger partial charge in [-0.1, -0.05) is 13.8 Å². The van der Waals surface area contributed by atoms with Crippen LogP contribution in [0.2, 0.25) is 0 Å². The van der Waals surface area contributed by atoms with E-state index >= 15 is 0 Å². The number of carbonyl (C=O) groups is 4. The molecule has 268 valence electrons. The lowest BCUT2D eigenvalue weighted by Gasteiger charge is -2.27. The second-order valence-electron chi connectivity index (χ2n) is 11.5. The van der Waals surface area contributed by atoms with E-state index in [1.807, 2.05) is 48.8 Å². The number of halogens is 1. The predicted octanol–water partition coefficient (Wildman–Crippen LogP) is 4.54. The van der Waals surface area contributed by atoms with Crippen LogP contribution in [0.1, 0.15) is 47.4 Å². The van der Waals surface area contributed by atoms with E-state index in [0.717, 1.165) is 21.8 Å². The summed E-state index contributed by atoms with van der Waals surface area (Å²) in [6.45, 7) is 5.03. The zero-order valence-electron chi connectivity index (χ0n) is 28.7. The van der Waals surface area contributed by atoms with Crippen LogP contribution in [0, 0.1) is 5.95 Å². The molecule has 0 aliphatic carbocycles. The van der Waals surface area contributed by atoms with Gasteiger partial charge in [-0.3, -0.25) is 34.4 Å². The van der Waals surface area contributed by atoms with Gasteiger partial charge in [0.25, 0.3) is 11.8 Å². The lowest BCUT2D eigenvalue weighted by atomic mass is 10.0. The number of anilines is 1. The highest BCUT2D eigenvalue weighted by Crippen LogP contribution is 2.30. The fourth-order valence-electron chi connectivity index (χ4n) is 5.77. The number of fused-ring (bicyclic) bond motifs is 2. The monoisotopic (exact) mass is 709 g/mol. The van der Waals surface area contributed by atoms with Crippen molar-refractivity contribution in [3.8, 4) is 34.0 Å². The maximum Gasteiger partial charge on any atom is 0.262 e. The van der Waals surface area contributed by atoms with Crippen LogP contribution >= 0.6 is 0 Å². The minimum Gasteiger partial charge on any atom is -0.495 e. The Morgan fingerprint density at radius 1 is 0.865 bits per heavy atom. The maximum absolute atomic E-state index is 14.9. The number of amides is 4. The summed E-state index contributed by atoms with van der Waals surface area (Å²) in [7, 11) is 1.60. The minimum atomic E-state index is -1.03. The number of imidazole rings is 1. The summed E-state index contributed by atoms with van der Waals surface area (Å²) in [5, 5.41) is 5.19. The molecule has 2 aliphatic heterocycles. The third-order valence-corrected chi connectivity index (χ3v) is 8.30. The molecule has 7 rings (SSSR count). The van der Waals surface area contributed by atoms with Gasteiger partial charge in [-0.15, -0.1) is 0 Å². The molecule has 4 amide bonds. The fraction of sp³-hybridized carbons (Fsp3) is 0.270. The molecule has 0 spiro atoms. The van der Waals surface area contributed by atoms with E-state index in [9.17, 15) is 23.6 Å². The number of carbonyl (C=O) groups excluding carboxylic acids is 4. The Hall–Kier alpha value is -6.22. The molecule has 1 unspecified atom stereocenters. The molecule has 0 bridgehead atoms. The van der Waals surface area contributed by atoms with Crippen LogP contribution < -0.4 is 20.1 Å². The zero-order chi connectivity index (χ0) is 36.8. The van der Waals surface area contributed by atoms with E-state index in [0.29, 0.717) is 29.6 Å². The van der Waals surface area contributed by atoms with E-state index in [1.54, 1.807) is 37.6 Å². The van der Waals surface area contributed by atoms with Crippen molar-refractivity contribution in [3.63, 3.8) is 0 Å². The van der Waals surface area contributed by atoms with Gasteiger partial charge in [0.1, 0.15) is 35.6 Å². The standard InChI is InChI=1S/C35H30FN7O7.C2H6/c1-48-22-4-10-30-39-27(19-42(30)18-22)20-2-7-26(38-17-20)24-6-9-29(40-32(24)36)37-12-13-49-14-15-50-21-3-5-23-25(16-21)35(47)43(34(23)46)28-8-11-31(44)41-33(28)45;1-2/h2-7,9-10,16-19,28H,8,11-15H2,1H3,(H,37,40)(H,41,44,45);1-2H3. The summed E-state index contributed by atoms with van der Waals surface area (Å²) in [4.78, 5) is 63.5. The largest absolute Gasteiger partial charge is 0.495 e. The number of benzene rings is 1. The van der Waals surface area contributed by atoms with E-state index in [1.165, 1.54) is 12.1 Å². The predicted molar refractivity (Wildman–Crippen MR) is 187 cm³/mol. The van der Waals surface area contributed by atoms with Crippen molar-refractivity contribution in [2.24, 2.45) is 0 Å². The van der Waals surface area contributed by atoms with Crippen molar-refractivity contribution in [1.29, 1.82) is 0 Å². The highest BCUT2D eigenvalue weighted by Gasteiger charge is 2.44. The zero-order valence-corrected chi connectivity index (χ0v) is 28.7. The smallest absolute Gasteiger partial charge is 0.262 e. The first kappa shape index (κ1) is 35.6. The number of hydrogen-bond donors (Lipinski definition) is 2. The Morgan fingerprint density at radius 3 is 2.40 bits per heavy atom. The summed E-state index contributed by atoms with van der Waals surface area (Å²) in [5.41, 5.74) is 3.26. The van der Waals surface area contributed by atoms with Gasteiger partial charge in [0.15, 0.2) is 0 Å². The van der Waals surface area contributed by atoms with Crippen molar-refractivity contribution in [2.75, 3.05) is 38.8 Å². The van der Waals surface area contributed by atoms with Crippen LogP contribution in [-0.2, 0) is 14.3 Å². The van der Waals surface area contributed by atoms with Gasteiger partial charge >= 0.3 is 0 Å². The first-order valence-electron chi connectivity index (χ1n) is 16.7. The Bertz CT molecular complexity index is 2140. The van der Waals surface area contributed by atoms with Crippen molar-refractivity contribution >= 4 is 35.1 Å². The number of hydrogen-bond acceptors (Lipinski definition) is 11. The van der Waals surface area contributed by atoms with Crippen LogP contribution in [0.25, 0.3) is 28.2 Å². The van der Waals surface area contributed by atoms with Gasteiger partial charge < -0.3 is 23.9 Å². The number of nitrogens with one attached hydrogen (secondary N) is 2. The molecule has 2 aliphatic rings. The van der Waals surface area contributed by atoms with Gasteiger partial charge in [0.05, 0.1) is 54.6 Å². The summed E-state index contributed by atoms with van der Waals surface area (Å²) >= 11 is 0. The number of aromatic nitrogens is 4. The quantitative estimate of drug-likeness (QED) is 0.106. The Kier molecular flexibility index (Phi) is 10.8. The summed E-state index contributed by atoms with van der Waals surface area (Å²) < 4.78 is 33.4. The topological polar surface area (TPSA) is 166 Å². The Morgan fingerprint density at radius 2 is 1.65 bits per heavy atom. The number of imide groups is 2.